The van der Waals surface area contributed by atoms with Gasteiger partial charge in [-0.25, -0.2) is 16.8 Å². The number of nitrogen functional groups attached to an aromatic ring is 1. The number of nitrogens with one attached hydrogen (secondary N) is 2. The number of hydrogen-bond acceptors (Lipinski definition) is 13. The molecule has 0 aliphatic carbocycles. The molecule has 0 bridgehead atoms. The van der Waals surface area contributed by atoms with Crippen LogP contribution in [0.2, 0.25) is 0 Å². The third-order valence-corrected chi connectivity index (χ3v) is 11.6. The number of hydrogen-bond donors (Lipinski definition) is 3. The summed E-state index contributed by atoms with van der Waals surface area (Å²) in [5.74, 6) is 1.84. The number of sulfone groups is 2. The zero-order chi connectivity index (χ0) is 33.4. The molecule has 16 heteroatoms. The van der Waals surface area contributed by atoms with Gasteiger partial charge in [0.05, 0.1) is 50.7 Å². The van der Waals surface area contributed by atoms with E-state index in [1.54, 1.807) is 26.0 Å². The van der Waals surface area contributed by atoms with Crippen LogP contribution in [0.4, 0.5) is 22.7 Å². The van der Waals surface area contributed by atoms with Crippen LogP contribution in [0.15, 0.2) is 45.4 Å². The van der Waals surface area contributed by atoms with E-state index in [-0.39, 0.29) is 40.8 Å². The molecule has 4 heterocycles. The molecule has 2 aliphatic rings. The lowest BCUT2D eigenvalue weighted by atomic mass is 10.0. The summed E-state index contributed by atoms with van der Waals surface area (Å²) < 4.78 is 56.4. The molecule has 0 spiro atoms. The van der Waals surface area contributed by atoms with Gasteiger partial charge in [-0.2, -0.15) is 0 Å². The van der Waals surface area contributed by atoms with Crippen LogP contribution in [0.5, 0.6) is 0 Å². The fourth-order valence-corrected chi connectivity index (χ4v) is 9.20. The van der Waals surface area contributed by atoms with E-state index in [2.05, 4.69) is 20.9 Å². The highest BCUT2D eigenvalue weighted by atomic mass is 32.2. The Kier molecular flexibility index (Phi) is 9.13. The van der Waals surface area contributed by atoms with Gasteiger partial charge in [0.25, 0.3) is 5.69 Å². The molecular weight excluding hydrogens is 636 g/mol. The minimum absolute atomic E-state index is 0.00419. The van der Waals surface area contributed by atoms with Crippen LogP contribution in [-0.4, -0.2) is 67.2 Å². The van der Waals surface area contributed by atoms with E-state index in [1.807, 2.05) is 32.0 Å². The predicted molar refractivity (Wildman–Crippen MR) is 175 cm³/mol. The Morgan fingerprint density at radius 2 is 1.24 bits per heavy atom. The monoisotopic (exact) mass is 672 g/mol. The van der Waals surface area contributed by atoms with Crippen LogP contribution < -0.4 is 16.4 Å². The van der Waals surface area contributed by atoms with Gasteiger partial charge in [-0.05, 0) is 69.9 Å². The molecule has 46 heavy (non-hydrogen) atoms. The summed E-state index contributed by atoms with van der Waals surface area (Å²) in [5, 5.41) is 25.4. The molecule has 2 fully saturated rings. The molecule has 4 N–H and O–H groups in total. The second-order valence-electron chi connectivity index (χ2n) is 11.7. The molecule has 6 rings (SSSR count). The summed E-state index contributed by atoms with van der Waals surface area (Å²) in [6, 6.07) is 10.1. The van der Waals surface area contributed by atoms with Crippen molar-refractivity contribution in [2.75, 3.05) is 39.4 Å². The van der Waals surface area contributed by atoms with E-state index < -0.39 is 24.6 Å². The van der Waals surface area contributed by atoms with Crippen molar-refractivity contribution in [1.82, 2.24) is 10.3 Å². The van der Waals surface area contributed by atoms with Crippen molar-refractivity contribution in [3.8, 4) is 22.3 Å². The minimum atomic E-state index is -3.06. The van der Waals surface area contributed by atoms with E-state index in [1.165, 1.54) is 6.07 Å². The summed E-state index contributed by atoms with van der Waals surface area (Å²) in [6.45, 7) is 7.27. The lowest BCUT2D eigenvalue weighted by molar-refractivity contribution is -0.383. The average Bonchev–Trinajstić information content (AvgIpc) is 3.71. The first-order chi connectivity index (χ1) is 21.6. The molecule has 0 saturated carbocycles. The number of nitro benzene ring substituents is 1. The maximum absolute atomic E-state index is 11.5. The number of nitro groups is 1. The molecule has 0 amide bonds. The number of aromatic nitrogens is 2. The number of rotatable bonds is 7. The largest absolute Gasteiger partial charge is 0.397 e. The summed E-state index contributed by atoms with van der Waals surface area (Å²) in [7, 11) is -5.96. The van der Waals surface area contributed by atoms with Crippen molar-refractivity contribution in [2.45, 2.75) is 52.6 Å². The van der Waals surface area contributed by atoms with Crippen molar-refractivity contribution in [3.05, 3.63) is 69.4 Å². The summed E-state index contributed by atoms with van der Waals surface area (Å²) in [5.41, 5.74) is 12.4. The molecule has 4 aromatic rings. The first-order valence-electron chi connectivity index (χ1n) is 14.6. The predicted octanol–water partition coefficient (Wildman–Crippen LogP) is 4.61. The Morgan fingerprint density at radius 3 is 1.63 bits per heavy atom. The Hall–Kier alpha value is -4.44. The van der Waals surface area contributed by atoms with Gasteiger partial charge in [-0.1, -0.05) is 22.4 Å². The molecule has 0 radical (unpaired) electrons. The summed E-state index contributed by atoms with van der Waals surface area (Å²) >= 11 is 0. The standard InChI is InChI=1S/C15H17N3O5S.C15H19N3O3S/c1-9-15(10(2)23-17-9)11-3-4-13(14(7-11)18(19)20)16-12-5-6-24(21,22)8-12;1-9-15(10(2)21-18-9)11-3-4-14(13(16)7-11)17-12-5-6-22(19,20)8-12/h3-4,7,12,16H,5-6,8H2,1-2H3;3-4,7,12,17H,5-6,8,16H2,1-2H3/t2*12-/m00/s1. The van der Waals surface area contributed by atoms with E-state index in [9.17, 15) is 26.9 Å². The number of aryl methyl sites for hydroxylation is 4. The third kappa shape index (κ3) is 7.33. The second-order valence-corrected chi connectivity index (χ2v) is 16.1. The van der Waals surface area contributed by atoms with Crippen LogP contribution >= 0.6 is 0 Å². The quantitative estimate of drug-likeness (QED) is 0.139. The first kappa shape index (κ1) is 32.9. The van der Waals surface area contributed by atoms with Gasteiger partial charge in [0.15, 0.2) is 19.7 Å². The van der Waals surface area contributed by atoms with E-state index >= 15 is 0 Å². The molecular formula is C30H36N6O8S2. The second kappa shape index (κ2) is 12.7. The van der Waals surface area contributed by atoms with Gasteiger partial charge in [-0.3, -0.25) is 10.1 Å². The molecule has 0 unspecified atom stereocenters. The normalized spacial score (nSPS) is 19.7. The van der Waals surface area contributed by atoms with Crippen molar-refractivity contribution in [2.24, 2.45) is 0 Å². The van der Waals surface area contributed by atoms with Crippen LogP contribution in [-0.2, 0) is 19.7 Å². The van der Waals surface area contributed by atoms with Gasteiger partial charge < -0.3 is 25.4 Å². The van der Waals surface area contributed by atoms with Crippen LogP contribution in [0.1, 0.15) is 35.7 Å². The SMILES string of the molecule is Cc1noc(C)c1-c1ccc(N[C@H]2CCS(=O)(=O)C2)c(N)c1.Cc1noc(C)c1-c1ccc(N[C@H]2CCS(=O)(=O)C2)c([N+](=O)[O-])c1. The molecule has 2 aromatic heterocycles. The van der Waals surface area contributed by atoms with Crippen molar-refractivity contribution >= 4 is 42.4 Å². The average molecular weight is 673 g/mol. The van der Waals surface area contributed by atoms with E-state index in [0.717, 1.165) is 33.8 Å². The number of nitrogens with two attached hydrogens (primary N) is 1. The zero-order valence-electron chi connectivity index (χ0n) is 25.9. The maximum Gasteiger partial charge on any atom is 0.292 e. The Bertz CT molecular complexity index is 1960. The first-order valence-corrected chi connectivity index (χ1v) is 18.2. The lowest BCUT2D eigenvalue weighted by Crippen LogP contribution is -2.21. The van der Waals surface area contributed by atoms with Gasteiger partial charge in [0, 0.05) is 29.3 Å². The van der Waals surface area contributed by atoms with Gasteiger partial charge in [-0.15, -0.1) is 0 Å². The third-order valence-electron chi connectivity index (χ3n) is 8.07. The smallest absolute Gasteiger partial charge is 0.292 e. The van der Waals surface area contributed by atoms with E-state index in [4.69, 9.17) is 14.8 Å². The summed E-state index contributed by atoms with van der Waals surface area (Å²) in [4.78, 5) is 10.9. The topological polar surface area (TPSA) is 214 Å². The number of benzene rings is 2. The highest BCUT2D eigenvalue weighted by Crippen LogP contribution is 2.35. The molecule has 2 aromatic carbocycles. The van der Waals surface area contributed by atoms with Crippen molar-refractivity contribution in [3.63, 3.8) is 0 Å². The Balaban J connectivity index is 0.000000182. The maximum atomic E-state index is 11.5. The van der Waals surface area contributed by atoms with E-state index in [0.29, 0.717) is 41.2 Å². The molecule has 2 aliphatic heterocycles. The van der Waals surface area contributed by atoms with Crippen LogP contribution in [0.3, 0.4) is 0 Å². The molecule has 2 saturated heterocycles. The molecule has 14 nitrogen and oxygen atoms in total. The minimum Gasteiger partial charge on any atom is -0.397 e. The number of anilines is 3. The van der Waals surface area contributed by atoms with Crippen molar-refractivity contribution in [1.29, 1.82) is 0 Å². The Labute approximate surface area is 266 Å². The van der Waals surface area contributed by atoms with Crippen molar-refractivity contribution < 1.29 is 30.8 Å². The number of nitrogens with zero attached hydrogens (tertiary/aromatic N) is 3. The fourth-order valence-electron chi connectivity index (χ4n) is 5.86. The molecule has 2 atom stereocenters. The summed E-state index contributed by atoms with van der Waals surface area (Å²) in [6.07, 6.45) is 1.07. The van der Waals surface area contributed by atoms with Gasteiger partial charge >= 0.3 is 0 Å². The fraction of sp³-hybridized carbons (Fsp3) is 0.400. The van der Waals surface area contributed by atoms with Gasteiger partial charge in [0.2, 0.25) is 0 Å². The molecule has 246 valence electrons. The lowest BCUT2D eigenvalue weighted by Gasteiger charge is -2.15. The highest BCUT2D eigenvalue weighted by molar-refractivity contribution is 7.91. The Morgan fingerprint density at radius 1 is 0.783 bits per heavy atom. The zero-order valence-corrected chi connectivity index (χ0v) is 27.5. The van der Waals surface area contributed by atoms with Gasteiger partial charge in [0.1, 0.15) is 17.2 Å². The highest BCUT2D eigenvalue weighted by Gasteiger charge is 2.30. The van der Waals surface area contributed by atoms with Crippen LogP contribution in [0.25, 0.3) is 22.3 Å². The van der Waals surface area contributed by atoms with Crippen LogP contribution in [0, 0.1) is 37.8 Å².